The number of hydrogen-bond donors (Lipinski definition) is 2. The minimum Gasteiger partial charge on any atom is -0.497 e. The third-order valence-corrected chi connectivity index (χ3v) is 4.22. The first-order chi connectivity index (χ1) is 13.7. The van der Waals surface area contributed by atoms with Crippen LogP contribution in [0, 0.1) is 0 Å². The van der Waals surface area contributed by atoms with Crippen molar-refractivity contribution in [1.82, 2.24) is 0 Å². The molecule has 0 saturated carbocycles. The molecule has 5 heteroatoms. The van der Waals surface area contributed by atoms with E-state index in [-0.39, 0.29) is 0 Å². The van der Waals surface area contributed by atoms with Crippen molar-refractivity contribution in [2.24, 2.45) is 10.7 Å². The summed E-state index contributed by atoms with van der Waals surface area (Å²) in [5, 5.41) is 3.07. The lowest BCUT2D eigenvalue weighted by Crippen LogP contribution is -2.23. The van der Waals surface area contributed by atoms with Crippen LogP contribution in [0.1, 0.15) is 11.1 Å². The smallest absolute Gasteiger partial charge is 0.193 e. The Labute approximate surface area is 165 Å². The summed E-state index contributed by atoms with van der Waals surface area (Å²) in [6.07, 6.45) is 0.809. The number of ether oxygens (including phenoxy) is 2. The van der Waals surface area contributed by atoms with Crippen LogP contribution in [0.25, 0.3) is 0 Å². The van der Waals surface area contributed by atoms with Crippen molar-refractivity contribution in [3.8, 4) is 11.5 Å². The first kappa shape index (κ1) is 19.3. The van der Waals surface area contributed by atoms with E-state index in [0.717, 1.165) is 29.2 Å². The molecular weight excluding hydrogens is 350 g/mol. The quantitative estimate of drug-likeness (QED) is 0.456. The molecule has 0 saturated heterocycles. The molecule has 144 valence electrons. The number of nitrogens with two attached hydrogens (primary N) is 1. The summed E-state index contributed by atoms with van der Waals surface area (Å²) in [5.74, 6) is 2.06. The molecule has 0 fully saturated rings. The molecule has 3 aromatic rings. The Hall–Kier alpha value is -3.47. The first-order valence-electron chi connectivity index (χ1n) is 9.19. The fraction of sp³-hybridized carbons (Fsp3) is 0.174. The highest BCUT2D eigenvalue weighted by Crippen LogP contribution is 2.16. The third kappa shape index (κ3) is 6.06. The molecule has 0 aliphatic rings. The second kappa shape index (κ2) is 10.0. The van der Waals surface area contributed by atoms with Crippen LogP contribution in [-0.4, -0.2) is 19.6 Å². The van der Waals surface area contributed by atoms with Crippen LogP contribution >= 0.6 is 0 Å². The van der Waals surface area contributed by atoms with E-state index in [4.69, 9.17) is 15.2 Å². The van der Waals surface area contributed by atoms with E-state index in [2.05, 4.69) is 34.6 Å². The Bertz CT molecular complexity index is 876. The maximum Gasteiger partial charge on any atom is 0.193 e. The molecule has 0 aromatic heterocycles. The van der Waals surface area contributed by atoms with Gasteiger partial charge in [0.2, 0.25) is 0 Å². The lowest BCUT2D eigenvalue weighted by atomic mass is 10.1. The van der Waals surface area contributed by atoms with Gasteiger partial charge in [-0.1, -0.05) is 42.5 Å². The summed E-state index contributed by atoms with van der Waals surface area (Å²) in [4.78, 5) is 4.38. The molecule has 0 heterocycles. The van der Waals surface area contributed by atoms with Crippen molar-refractivity contribution < 1.29 is 9.47 Å². The summed E-state index contributed by atoms with van der Waals surface area (Å²) in [6, 6.07) is 25.8. The number of aliphatic imine (C=N–C) groups is 1. The van der Waals surface area contributed by atoms with Gasteiger partial charge in [0.15, 0.2) is 5.96 Å². The summed E-state index contributed by atoms with van der Waals surface area (Å²) >= 11 is 0. The van der Waals surface area contributed by atoms with Crippen LogP contribution in [0.5, 0.6) is 11.5 Å². The normalized spacial score (nSPS) is 11.1. The van der Waals surface area contributed by atoms with Gasteiger partial charge >= 0.3 is 0 Å². The number of nitrogens with one attached hydrogen (secondary N) is 1. The molecule has 3 aromatic carbocycles. The van der Waals surface area contributed by atoms with E-state index in [0.29, 0.717) is 19.1 Å². The predicted octanol–water partition coefficient (Wildman–Crippen LogP) is 4.24. The number of methoxy groups -OCH3 is 1. The van der Waals surface area contributed by atoms with E-state index in [1.54, 1.807) is 7.11 Å². The van der Waals surface area contributed by atoms with Gasteiger partial charge in [-0.2, -0.15) is 0 Å². The second-order valence-corrected chi connectivity index (χ2v) is 6.29. The summed E-state index contributed by atoms with van der Waals surface area (Å²) in [6.45, 7) is 1.18. The van der Waals surface area contributed by atoms with E-state index in [1.807, 2.05) is 54.6 Å². The average molecular weight is 375 g/mol. The summed E-state index contributed by atoms with van der Waals surface area (Å²) in [7, 11) is 1.64. The minimum atomic E-state index is 0.396. The third-order valence-electron chi connectivity index (χ3n) is 4.22. The van der Waals surface area contributed by atoms with Crippen molar-refractivity contribution in [3.05, 3.63) is 90.0 Å². The van der Waals surface area contributed by atoms with Crippen LogP contribution in [0.2, 0.25) is 0 Å². The Morgan fingerprint density at radius 2 is 1.54 bits per heavy atom. The van der Waals surface area contributed by atoms with Crippen molar-refractivity contribution >= 4 is 11.6 Å². The van der Waals surface area contributed by atoms with Gasteiger partial charge in [-0.3, -0.25) is 4.99 Å². The van der Waals surface area contributed by atoms with E-state index in [1.165, 1.54) is 5.56 Å². The molecule has 0 aliphatic heterocycles. The molecule has 0 unspecified atom stereocenters. The van der Waals surface area contributed by atoms with Gasteiger partial charge < -0.3 is 20.5 Å². The van der Waals surface area contributed by atoms with Crippen LogP contribution in [0.4, 0.5) is 5.69 Å². The molecule has 3 N–H and O–H groups in total. The molecule has 28 heavy (non-hydrogen) atoms. The maximum absolute atomic E-state index is 5.95. The molecule has 3 rings (SSSR count). The van der Waals surface area contributed by atoms with Crippen LogP contribution in [-0.2, 0) is 13.0 Å². The lowest BCUT2D eigenvalue weighted by Gasteiger charge is -2.08. The van der Waals surface area contributed by atoms with Crippen molar-refractivity contribution in [3.63, 3.8) is 0 Å². The summed E-state index contributed by atoms with van der Waals surface area (Å²) in [5.41, 5.74) is 9.17. The van der Waals surface area contributed by atoms with E-state index < -0.39 is 0 Å². The number of benzene rings is 3. The monoisotopic (exact) mass is 375 g/mol. The van der Waals surface area contributed by atoms with Crippen molar-refractivity contribution in [1.29, 1.82) is 0 Å². The highest BCUT2D eigenvalue weighted by atomic mass is 16.5. The molecule has 5 nitrogen and oxygen atoms in total. The number of guanidine groups is 1. The molecule has 0 spiro atoms. The molecule has 0 radical (unpaired) electrons. The van der Waals surface area contributed by atoms with Crippen LogP contribution in [0.3, 0.4) is 0 Å². The molecule has 0 aliphatic carbocycles. The Morgan fingerprint density at radius 1 is 0.857 bits per heavy atom. The van der Waals surface area contributed by atoms with Gasteiger partial charge in [-0.25, -0.2) is 0 Å². The minimum absolute atomic E-state index is 0.396. The zero-order chi connectivity index (χ0) is 19.6. The average Bonchev–Trinajstić information content (AvgIpc) is 2.74. The molecule has 0 atom stereocenters. The summed E-state index contributed by atoms with van der Waals surface area (Å²) < 4.78 is 10.9. The SMILES string of the molecule is COc1ccc(NC(N)=NCCc2ccc(OCc3ccccc3)cc2)cc1. The highest BCUT2D eigenvalue weighted by Gasteiger charge is 1.99. The zero-order valence-electron chi connectivity index (χ0n) is 16.0. The van der Waals surface area contributed by atoms with Crippen molar-refractivity contribution in [2.45, 2.75) is 13.0 Å². The molecule has 0 bridgehead atoms. The lowest BCUT2D eigenvalue weighted by molar-refractivity contribution is 0.306. The van der Waals surface area contributed by atoms with Gasteiger partial charge in [-0.05, 0) is 53.9 Å². The van der Waals surface area contributed by atoms with Crippen LogP contribution < -0.4 is 20.5 Å². The Balaban J connectivity index is 1.44. The second-order valence-electron chi connectivity index (χ2n) is 6.29. The number of rotatable bonds is 8. The zero-order valence-corrected chi connectivity index (χ0v) is 16.0. The fourth-order valence-electron chi connectivity index (χ4n) is 2.66. The van der Waals surface area contributed by atoms with Crippen LogP contribution in [0.15, 0.2) is 83.9 Å². The topological polar surface area (TPSA) is 68.9 Å². The maximum atomic E-state index is 5.95. The molecular formula is C23H25N3O2. The van der Waals surface area contributed by atoms with Gasteiger partial charge in [0.25, 0.3) is 0 Å². The number of nitrogens with zero attached hydrogens (tertiary/aromatic N) is 1. The first-order valence-corrected chi connectivity index (χ1v) is 9.19. The molecule has 0 amide bonds. The Kier molecular flexibility index (Phi) is 6.90. The predicted molar refractivity (Wildman–Crippen MR) is 114 cm³/mol. The largest absolute Gasteiger partial charge is 0.497 e. The van der Waals surface area contributed by atoms with Gasteiger partial charge in [-0.15, -0.1) is 0 Å². The van der Waals surface area contributed by atoms with Gasteiger partial charge in [0.1, 0.15) is 18.1 Å². The Morgan fingerprint density at radius 3 is 2.21 bits per heavy atom. The van der Waals surface area contributed by atoms with Gasteiger partial charge in [0, 0.05) is 12.2 Å². The van der Waals surface area contributed by atoms with Gasteiger partial charge in [0.05, 0.1) is 7.11 Å². The van der Waals surface area contributed by atoms with Crippen molar-refractivity contribution in [2.75, 3.05) is 19.0 Å². The van der Waals surface area contributed by atoms with E-state index in [9.17, 15) is 0 Å². The standard InChI is InChI=1S/C23H25N3O2/c1-27-21-13-9-20(10-14-21)26-23(24)25-16-15-18-7-11-22(12-8-18)28-17-19-5-3-2-4-6-19/h2-14H,15-17H2,1H3,(H3,24,25,26). The number of anilines is 1. The number of hydrogen-bond acceptors (Lipinski definition) is 3. The van der Waals surface area contributed by atoms with E-state index >= 15 is 0 Å². The fourth-order valence-corrected chi connectivity index (χ4v) is 2.66. The highest BCUT2D eigenvalue weighted by molar-refractivity contribution is 5.92.